The molecule has 0 aliphatic carbocycles. The van der Waals surface area contributed by atoms with Crippen LogP contribution in [0.3, 0.4) is 0 Å². The number of carbonyl (C=O) groups excluding carboxylic acids is 1. The van der Waals surface area contributed by atoms with Crippen molar-refractivity contribution in [1.29, 1.82) is 0 Å². The topological polar surface area (TPSA) is 84.3 Å². The molecule has 0 aliphatic heterocycles. The fraction of sp³-hybridized carbons (Fsp3) is 0.273. The van der Waals surface area contributed by atoms with Gasteiger partial charge >= 0.3 is 6.18 Å². The van der Waals surface area contributed by atoms with Crippen molar-refractivity contribution in [2.24, 2.45) is 0 Å². The van der Waals surface area contributed by atoms with Gasteiger partial charge in [-0.05, 0) is 60.9 Å². The number of halogens is 3. The van der Waals surface area contributed by atoms with Gasteiger partial charge in [0.05, 0.1) is 10.6 Å². The molecule has 3 rings (SSSR count). The molecule has 7 nitrogen and oxygen atoms in total. The molecule has 1 amide bonds. The van der Waals surface area contributed by atoms with Crippen LogP contribution in [0, 0.1) is 13.8 Å². The first-order valence-electron chi connectivity index (χ1n) is 9.85. The number of alkyl halides is 3. The number of sulfonamides is 1. The standard InChI is InChI=1S/C22H23F3N4O3S/c1-14-11-17(12-19(15(14)2)33(31,32)28(3)4)21(30)26-13-16-5-7-18(8-6-16)29-10-9-20(27-29)22(23,24)25/h5-12H,13H2,1-4H3,(H,26,30). The molecule has 1 heterocycles. The number of aryl methyl sites for hydroxylation is 1. The van der Waals surface area contributed by atoms with Gasteiger partial charge in [0, 0.05) is 32.4 Å². The van der Waals surface area contributed by atoms with Gasteiger partial charge in [-0.1, -0.05) is 12.1 Å². The fourth-order valence-corrected chi connectivity index (χ4v) is 4.31. The van der Waals surface area contributed by atoms with Crippen molar-refractivity contribution in [3.8, 4) is 5.69 Å². The summed E-state index contributed by atoms with van der Waals surface area (Å²) in [5.74, 6) is -0.445. The zero-order valence-corrected chi connectivity index (χ0v) is 19.3. The van der Waals surface area contributed by atoms with E-state index >= 15 is 0 Å². The first-order valence-corrected chi connectivity index (χ1v) is 11.3. The molecule has 1 aromatic heterocycles. The Hall–Kier alpha value is -3.18. The fourth-order valence-electron chi connectivity index (χ4n) is 3.09. The van der Waals surface area contributed by atoms with Crippen molar-refractivity contribution in [3.63, 3.8) is 0 Å². The number of nitrogens with zero attached hydrogens (tertiary/aromatic N) is 3. The van der Waals surface area contributed by atoms with Crippen LogP contribution in [-0.2, 0) is 22.7 Å². The third-order valence-corrected chi connectivity index (χ3v) is 7.12. The second kappa shape index (κ2) is 8.99. The molecule has 0 spiro atoms. The molecule has 0 aliphatic rings. The molecule has 0 fully saturated rings. The average molecular weight is 481 g/mol. The lowest BCUT2D eigenvalue weighted by atomic mass is 10.1. The number of rotatable bonds is 6. The van der Waals surface area contributed by atoms with Crippen molar-refractivity contribution in [3.05, 3.63) is 76.6 Å². The maximum atomic E-state index is 12.7. The molecule has 0 radical (unpaired) electrons. The summed E-state index contributed by atoms with van der Waals surface area (Å²) in [6.07, 6.45) is -3.30. The van der Waals surface area contributed by atoms with E-state index in [1.165, 1.54) is 26.4 Å². The Labute approximate surface area is 189 Å². The Morgan fingerprint density at radius 1 is 1.09 bits per heavy atom. The van der Waals surface area contributed by atoms with Crippen molar-refractivity contribution >= 4 is 15.9 Å². The number of aromatic nitrogens is 2. The summed E-state index contributed by atoms with van der Waals surface area (Å²) in [4.78, 5) is 12.7. The summed E-state index contributed by atoms with van der Waals surface area (Å²) in [5, 5.41) is 6.25. The van der Waals surface area contributed by atoms with E-state index in [9.17, 15) is 26.4 Å². The Kier molecular flexibility index (Phi) is 6.66. The number of hydrogen-bond donors (Lipinski definition) is 1. The Morgan fingerprint density at radius 3 is 2.27 bits per heavy atom. The minimum Gasteiger partial charge on any atom is -0.348 e. The van der Waals surface area contributed by atoms with Gasteiger partial charge in [-0.15, -0.1) is 0 Å². The molecule has 11 heteroatoms. The first-order chi connectivity index (χ1) is 15.3. The van der Waals surface area contributed by atoms with Crippen LogP contribution in [0.2, 0.25) is 0 Å². The van der Waals surface area contributed by atoms with Crippen LogP contribution in [0.1, 0.15) is 32.7 Å². The number of nitrogens with one attached hydrogen (secondary N) is 1. The van der Waals surface area contributed by atoms with Gasteiger partial charge in [0.15, 0.2) is 5.69 Å². The van der Waals surface area contributed by atoms with E-state index in [1.807, 2.05) is 0 Å². The highest BCUT2D eigenvalue weighted by molar-refractivity contribution is 7.89. The maximum absolute atomic E-state index is 12.7. The molecule has 0 unspecified atom stereocenters. The van der Waals surface area contributed by atoms with Gasteiger partial charge in [0.25, 0.3) is 5.91 Å². The Morgan fingerprint density at radius 2 is 1.73 bits per heavy atom. The predicted octanol–water partition coefficient (Wildman–Crippen LogP) is 3.69. The minimum atomic E-state index is -4.52. The summed E-state index contributed by atoms with van der Waals surface area (Å²) < 4.78 is 65.6. The summed E-state index contributed by atoms with van der Waals surface area (Å²) >= 11 is 0. The second-order valence-corrected chi connectivity index (χ2v) is 9.82. The van der Waals surface area contributed by atoms with Crippen molar-refractivity contribution in [2.75, 3.05) is 14.1 Å². The minimum absolute atomic E-state index is 0.0689. The molecule has 3 aromatic rings. The predicted molar refractivity (Wildman–Crippen MR) is 117 cm³/mol. The maximum Gasteiger partial charge on any atom is 0.435 e. The van der Waals surface area contributed by atoms with E-state index in [0.717, 1.165) is 15.1 Å². The van der Waals surface area contributed by atoms with Crippen LogP contribution in [0.25, 0.3) is 5.69 Å². The Bertz CT molecular complexity index is 1280. The molecule has 176 valence electrons. The van der Waals surface area contributed by atoms with E-state index in [0.29, 0.717) is 22.4 Å². The molecule has 0 bridgehead atoms. The Balaban J connectivity index is 1.74. The van der Waals surface area contributed by atoms with Crippen LogP contribution >= 0.6 is 0 Å². The van der Waals surface area contributed by atoms with Gasteiger partial charge in [-0.2, -0.15) is 18.3 Å². The van der Waals surface area contributed by atoms with Crippen LogP contribution in [-0.4, -0.2) is 42.5 Å². The van der Waals surface area contributed by atoms with E-state index in [1.54, 1.807) is 44.2 Å². The second-order valence-electron chi connectivity index (χ2n) is 7.70. The van der Waals surface area contributed by atoms with Gasteiger partial charge < -0.3 is 5.32 Å². The third-order valence-electron chi connectivity index (χ3n) is 5.17. The number of amides is 1. The van der Waals surface area contributed by atoms with Crippen LogP contribution in [0.4, 0.5) is 13.2 Å². The highest BCUT2D eigenvalue weighted by Crippen LogP contribution is 2.28. The largest absolute Gasteiger partial charge is 0.435 e. The smallest absolute Gasteiger partial charge is 0.348 e. The van der Waals surface area contributed by atoms with Gasteiger partial charge in [0.2, 0.25) is 10.0 Å². The van der Waals surface area contributed by atoms with E-state index in [2.05, 4.69) is 10.4 Å². The number of benzene rings is 2. The summed E-state index contributed by atoms with van der Waals surface area (Å²) in [6.45, 7) is 3.57. The molecule has 2 aromatic carbocycles. The zero-order chi connectivity index (χ0) is 24.6. The SMILES string of the molecule is Cc1cc(C(=O)NCc2ccc(-n3ccc(C(F)(F)F)n3)cc2)cc(S(=O)(=O)N(C)C)c1C. The molecule has 0 atom stereocenters. The lowest BCUT2D eigenvalue weighted by Crippen LogP contribution is -2.26. The lowest BCUT2D eigenvalue weighted by molar-refractivity contribution is -0.141. The van der Waals surface area contributed by atoms with Crippen LogP contribution in [0.5, 0.6) is 0 Å². The zero-order valence-electron chi connectivity index (χ0n) is 18.4. The third kappa shape index (κ3) is 5.25. The van der Waals surface area contributed by atoms with Crippen molar-refractivity contribution in [1.82, 2.24) is 19.4 Å². The quantitative estimate of drug-likeness (QED) is 0.583. The summed E-state index contributed by atoms with van der Waals surface area (Å²) in [7, 11) is -0.869. The van der Waals surface area contributed by atoms with Crippen LogP contribution < -0.4 is 5.32 Å². The normalized spacial score (nSPS) is 12.2. The number of hydrogen-bond acceptors (Lipinski definition) is 4. The average Bonchev–Trinajstić information content (AvgIpc) is 3.25. The molecular formula is C22H23F3N4O3S. The van der Waals surface area contributed by atoms with E-state index in [-0.39, 0.29) is 17.0 Å². The van der Waals surface area contributed by atoms with Crippen molar-refractivity contribution in [2.45, 2.75) is 31.5 Å². The lowest BCUT2D eigenvalue weighted by Gasteiger charge is -2.16. The van der Waals surface area contributed by atoms with E-state index in [4.69, 9.17) is 0 Å². The molecule has 0 saturated heterocycles. The molecular weight excluding hydrogens is 457 g/mol. The highest BCUT2D eigenvalue weighted by atomic mass is 32.2. The highest BCUT2D eigenvalue weighted by Gasteiger charge is 2.33. The van der Waals surface area contributed by atoms with Gasteiger partial charge in [0.1, 0.15) is 0 Å². The molecule has 1 N–H and O–H groups in total. The summed E-state index contributed by atoms with van der Waals surface area (Å²) in [6, 6.07) is 10.4. The van der Waals surface area contributed by atoms with Crippen molar-refractivity contribution < 1.29 is 26.4 Å². The summed E-state index contributed by atoms with van der Waals surface area (Å²) in [5.41, 5.74) is 1.62. The monoisotopic (exact) mass is 480 g/mol. The van der Waals surface area contributed by atoms with Crippen LogP contribution in [0.15, 0.2) is 53.6 Å². The van der Waals surface area contributed by atoms with Gasteiger partial charge in [-0.3, -0.25) is 4.79 Å². The van der Waals surface area contributed by atoms with E-state index < -0.39 is 27.8 Å². The number of carbonyl (C=O) groups is 1. The molecule has 0 saturated carbocycles. The first kappa shape index (κ1) is 24.5. The van der Waals surface area contributed by atoms with Gasteiger partial charge in [-0.25, -0.2) is 17.4 Å². The molecule has 33 heavy (non-hydrogen) atoms.